The van der Waals surface area contributed by atoms with E-state index in [0.29, 0.717) is 31.1 Å². The zero-order valence-corrected chi connectivity index (χ0v) is 16.7. The first-order valence-corrected chi connectivity index (χ1v) is 9.74. The highest BCUT2D eigenvalue weighted by Gasteiger charge is 2.25. The van der Waals surface area contributed by atoms with E-state index in [9.17, 15) is 14.4 Å². The fourth-order valence-electron chi connectivity index (χ4n) is 3.25. The topological polar surface area (TPSA) is 71.4 Å². The second-order valence-corrected chi connectivity index (χ2v) is 7.62. The molecule has 1 aromatic carbocycles. The summed E-state index contributed by atoms with van der Waals surface area (Å²) in [5.41, 5.74) is 0.552. The van der Waals surface area contributed by atoms with Gasteiger partial charge in [0, 0.05) is 37.4 Å². The minimum atomic E-state index is -0.273. The first-order chi connectivity index (χ1) is 13.0. The minimum absolute atomic E-state index is 0.103. The first-order valence-electron chi connectivity index (χ1n) is 8.95. The Morgan fingerprint density at radius 2 is 1.78 bits per heavy atom. The van der Waals surface area contributed by atoms with Crippen molar-refractivity contribution >= 4 is 27.7 Å². The average Bonchev–Trinajstić information content (AvgIpc) is 2.68. The number of nitrogens with zero attached hydrogens (tertiary/aromatic N) is 2. The first kappa shape index (κ1) is 19.4. The van der Waals surface area contributed by atoms with Crippen LogP contribution in [0.15, 0.2) is 51.9 Å². The third-order valence-electron chi connectivity index (χ3n) is 4.93. The van der Waals surface area contributed by atoms with Gasteiger partial charge in [-0.25, -0.2) is 0 Å². The third kappa shape index (κ3) is 4.47. The van der Waals surface area contributed by atoms with Gasteiger partial charge in [-0.15, -0.1) is 0 Å². The standard InChI is InChI=1S/C20H22BrN3O3/c1-23-10-4-6-16(19(23)26)20(27)24-11-8-14(9-12-24)13-22-18(25)15-5-2-3-7-17(15)21/h2-7,10,14H,8-9,11-13H2,1H3,(H,22,25). The van der Waals surface area contributed by atoms with Crippen LogP contribution in [0.1, 0.15) is 33.6 Å². The Balaban J connectivity index is 1.52. The normalized spacial score (nSPS) is 14.8. The van der Waals surface area contributed by atoms with Crippen LogP contribution in [0.25, 0.3) is 0 Å². The summed E-state index contributed by atoms with van der Waals surface area (Å²) in [6, 6.07) is 10.6. The van der Waals surface area contributed by atoms with E-state index in [1.54, 1.807) is 36.3 Å². The van der Waals surface area contributed by atoms with E-state index in [1.807, 2.05) is 18.2 Å². The molecule has 1 aliphatic rings. The number of carbonyl (C=O) groups is 2. The van der Waals surface area contributed by atoms with Gasteiger partial charge in [0.15, 0.2) is 0 Å². The fraction of sp³-hybridized carbons (Fsp3) is 0.350. The van der Waals surface area contributed by atoms with Crippen molar-refractivity contribution < 1.29 is 9.59 Å². The lowest BCUT2D eigenvalue weighted by atomic mass is 9.96. The number of aryl methyl sites for hydroxylation is 1. The monoisotopic (exact) mass is 431 g/mol. The van der Waals surface area contributed by atoms with Gasteiger partial charge in [-0.3, -0.25) is 14.4 Å². The van der Waals surface area contributed by atoms with E-state index in [0.717, 1.165) is 17.3 Å². The second-order valence-electron chi connectivity index (χ2n) is 6.76. The summed E-state index contributed by atoms with van der Waals surface area (Å²) in [4.78, 5) is 38.7. The number of rotatable bonds is 4. The van der Waals surface area contributed by atoms with Gasteiger partial charge in [0.05, 0.1) is 5.56 Å². The maximum atomic E-state index is 12.6. The number of hydrogen-bond acceptors (Lipinski definition) is 3. The molecular formula is C20H22BrN3O3. The van der Waals surface area contributed by atoms with Crippen molar-refractivity contribution in [1.29, 1.82) is 0 Å². The van der Waals surface area contributed by atoms with Crippen molar-refractivity contribution in [1.82, 2.24) is 14.8 Å². The van der Waals surface area contributed by atoms with Crippen LogP contribution in [0.3, 0.4) is 0 Å². The molecule has 2 amide bonds. The SMILES string of the molecule is Cn1cccc(C(=O)N2CCC(CNC(=O)c3ccccc3Br)CC2)c1=O. The smallest absolute Gasteiger partial charge is 0.263 e. The maximum Gasteiger partial charge on any atom is 0.263 e. The fourth-order valence-corrected chi connectivity index (χ4v) is 3.71. The van der Waals surface area contributed by atoms with E-state index in [4.69, 9.17) is 0 Å². The van der Waals surface area contributed by atoms with Crippen LogP contribution < -0.4 is 10.9 Å². The van der Waals surface area contributed by atoms with Gasteiger partial charge >= 0.3 is 0 Å². The second kappa shape index (κ2) is 8.52. The minimum Gasteiger partial charge on any atom is -0.352 e. The number of halogens is 1. The lowest BCUT2D eigenvalue weighted by molar-refractivity contribution is 0.0682. The predicted molar refractivity (Wildman–Crippen MR) is 107 cm³/mol. The van der Waals surface area contributed by atoms with Crippen LogP contribution in [0.2, 0.25) is 0 Å². The number of likely N-dealkylation sites (tertiary alicyclic amines) is 1. The van der Waals surface area contributed by atoms with Crippen LogP contribution in [-0.2, 0) is 7.05 Å². The van der Waals surface area contributed by atoms with E-state index in [2.05, 4.69) is 21.2 Å². The Kier molecular flexibility index (Phi) is 6.11. The Labute approximate surface area is 166 Å². The van der Waals surface area contributed by atoms with Gasteiger partial charge < -0.3 is 14.8 Å². The zero-order chi connectivity index (χ0) is 19.4. The molecule has 7 heteroatoms. The summed E-state index contributed by atoms with van der Waals surface area (Å²) in [5, 5.41) is 2.98. The van der Waals surface area contributed by atoms with Crippen LogP contribution >= 0.6 is 15.9 Å². The summed E-state index contributed by atoms with van der Waals surface area (Å²) in [5.74, 6) is -0.000223. The molecule has 0 bridgehead atoms. The van der Waals surface area contributed by atoms with Gasteiger partial charge in [0.1, 0.15) is 5.56 Å². The van der Waals surface area contributed by atoms with E-state index in [-0.39, 0.29) is 22.9 Å². The molecule has 1 fully saturated rings. The molecule has 0 aliphatic carbocycles. The number of piperidine rings is 1. The molecule has 2 heterocycles. The molecule has 1 aliphatic heterocycles. The van der Waals surface area contributed by atoms with Crippen LogP contribution in [0.4, 0.5) is 0 Å². The van der Waals surface area contributed by atoms with Gasteiger partial charge in [0.25, 0.3) is 17.4 Å². The third-order valence-corrected chi connectivity index (χ3v) is 5.62. The van der Waals surface area contributed by atoms with E-state index < -0.39 is 0 Å². The number of carbonyl (C=O) groups excluding carboxylic acids is 2. The molecule has 0 atom stereocenters. The Bertz CT molecular complexity index is 901. The Morgan fingerprint density at radius 1 is 1.11 bits per heavy atom. The quantitative estimate of drug-likeness (QED) is 0.807. The van der Waals surface area contributed by atoms with Crippen LogP contribution in [-0.4, -0.2) is 40.9 Å². The largest absolute Gasteiger partial charge is 0.352 e. The van der Waals surface area contributed by atoms with Crippen molar-refractivity contribution in [2.24, 2.45) is 13.0 Å². The van der Waals surface area contributed by atoms with Crippen molar-refractivity contribution in [3.05, 3.63) is 68.5 Å². The van der Waals surface area contributed by atoms with Crippen LogP contribution in [0.5, 0.6) is 0 Å². The highest BCUT2D eigenvalue weighted by atomic mass is 79.9. The Hall–Kier alpha value is -2.41. The number of amides is 2. The number of hydrogen-bond donors (Lipinski definition) is 1. The molecule has 1 aromatic heterocycles. The molecule has 3 rings (SSSR count). The highest BCUT2D eigenvalue weighted by molar-refractivity contribution is 9.10. The molecule has 2 aromatic rings. The van der Waals surface area contributed by atoms with Crippen molar-refractivity contribution in [2.75, 3.05) is 19.6 Å². The molecule has 142 valence electrons. The van der Waals surface area contributed by atoms with Crippen molar-refractivity contribution in [3.8, 4) is 0 Å². The van der Waals surface area contributed by atoms with Gasteiger partial charge in [-0.1, -0.05) is 12.1 Å². The van der Waals surface area contributed by atoms with E-state index >= 15 is 0 Å². The maximum absolute atomic E-state index is 12.6. The molecular weight excluding hydrogens is 410 g/mol. The molecule has 0 saturated carbocycles. The summed E-state index contributed by atoms with van der Waals surface area (Å²) in [7, 11) is 1.64. The average molecular weight is 432 g/mol. The summed E-state index contributed by atoms with van der Waals surface area (Å²) in [6.45, 7) is 1.76. The molecule has 0 spiro atoms. The number of nitrogens with one attached hydrogen (secondary N) is 1. The summed E-state index contributed by atoms with van der Waals surface area (Å²) >= 11 is 3.39. The van der Waals surface area contributed by atoms with Gasteiger partial charge in [-0.2, -0.15) is 0 Å². The van der Waals surface area contributed by atoms with Crippen molar-refractivity contribution in [3.63, 3.8) is 0 Å². The Morgan fingerprint density at radius 3 is 2.48 bits per heavy atom. The summed E-state index contributed by atoms with van der Waals surface area (Å²) < 4.78 is 2.18. The van der Waals surface area contributed by atoms with Gasteiger partial charge in [-0.05, 0) is 59.0 Å². The highest BCUT2D eigenvalue weighted by Crippen LogP contribution is 2.19. The lowest BCUT2D eigenvalue weighted by Crippen LogP contribution is -2.43. The zero-order valence-electron chi connectivity index (χ0n) is 15.2. The predicted octanol–water partition coefficient (Wildman–Crippen LogP) is 2.43. The van der Waals surface area contributed by atoms with Gasteiger partial charge in [0.2, 0.25) is 0 Å². The molecule has 1 N–H and O–H groups in total. The van der Waals surface area contributed by atoms with E-state index in [1.165, 1.54) is 4.57 Å². The molecule has 0 radical (unpaired) electrons. The molecule has 0 unspecified atom stereocenters. The number of aromatic nitrogens is 1. The lowest BCUT2D eigenvalue weighted by Gasteiger charge is -2.32. The molecule has 1 saturated heterocycles. The number of benzene rings is 1. The van der Waals surface area contributed by atoms with Crippen molar-refractivity contribution in [2.45, 2.75) is 12.8 Å². The molecule has 6 nitrogen and oxygen atoms in total. The van der Waals surface area contributed by atoms with Crippen LogP contribution in [0, 0.1) is 5.92 Å². The summed E-state index contributed by atoms with van der Waals surface area (Å²) in [6.07, 6.45) is 3.24. The number of pyridine rings is 1. The molecule has 27 heavy (non-hydrogen) atoms.